The van der Waals surface area contributed by atoms with Gasteiger partial charge in [0.1, 0.15) is 0 Å². The second-order valence-corrected chi connectivity index (χ2v) is 1.85. The van der Waals surface area contributed by atoms with Gasteiger partial charge in [0.15, 0.2) is 5.54 Å². The lowest BCUT2D eigenvalue weighted by molar-refractivity contribution is 0.105. The van der Waals surface area contributed by atoms with Crippen LogP contribution in [0.25, 0.3) is 0 Å². The lowest BCUT2D eigenvalue weighted by Crippen LogP contribution is -2.43. The zero-order chi connectivity index (χ0) is 8.20. The van der Waals surface area contributed by atoms with Gasteiger partial charge in [-0.15, -0.1) is 0 Å². The Balaban J connectivity index is 4.43. The number of hydrogen-bond donors (Lipinski definition) is 1. The van der Waals surface area contributed by atoms with Gasteiger partial charge in [-0.05, 0) is 13.0 Å². The van der Waals surface area contributed by atoms with Crippen LogP contribution >= 0.6 is 0 Å². The fourth-order valence-corrected chi connectivity index (χ4v) is 0.435. The fraction of sp³-hybridized carbons (Fsp3) is 0.500. The lowest BCUT2D eigenvalue weighted by Gasteiger charge is -2.14. The van der Waals surface area contributed by atoms with Crippen LogP contribution in [0.4, 0.5) is 8.78 Å². The van der Waals surface area contributed by atoms with Gasteiger partial charge in [0.05, 0.1) is 6.07 Å². The zero-order valence-electron chi connectivity index (χ0n) is 5.51. The summed E-state index contributed by atoms with van der Waals surface area (Å²) in [5.74, 6) is 0. The summed E-state index contributed by atoms with van der Waals surface area (Å²) in [5.41, 5.74) is 2.84. The van der Waals surface area contributed by atoms with Crippen LogP contribution in [-0.4, -0.2) is 12.0 Å². The summed E-state index contributed by atoms with van der Waals surface area (Å²) >= 11 is 0. The van der Waals surface area contributed by atoms with Gasteiger partial charge in [0, 0.05) is 0 Å². The minimum absolute atomic E-state index is 0.984. The van der Waals surface area contributed by atoms with Crippen LogP contribution in [0.2, 0.25) is 0 Å². The van der Waals surface area contributed by atoms with E-state index < -0.39 is 12.0 Å². The smallest absolute Gasteiger partial charge is 0.273 e. The summed E-state index contributed by atoms with van der Waals surface area (Å²) in [6.07, 6.45) is -0.527. The molecule has 0 saturated carbocycles. The predicted molar refractivity (Wildman–Crippen MR) is 33.3 cm³/mol. The van der Waals surface area contributed by atoms with Gasteiger partial charge in [0.2, 0.25) is 0 Å². The molecular formula is C6H8F2N2. The Hall–Kier alpha value is -0.950. The molecule has 0 amide bonds. The van der Waals surface area contributed by atoms with E-state index in [1.54, 1.807) is 0 Å². The maximum absolute atomic E-state index is 11.9. The molecule has 56 valence electrons. The molecule has 0 saturated heterocycles. The second kappa shape index (κ2) is 3.28. The molecule has 0 fully saturated rings. The largest absolute Gasteiger partial charge is 0.305 e. The van der Waals surface area contributed by atoms with Gasteiger partial charge in [0.25, 0.3) is 6.43 Å². The summed E-state index contributed by atoms with van der Waals surface area (Å²) in [5, 5.41) is 8.18. The first-order valence-electron chi connectivity index (χ1n) is 2.69. The molecule has 0 aromatic carbocycles. The quantitative estimate of drug-likeness (QED) is 0.592. The summed E-state index contributed by atoms with van der Waals surface area (Å²) in [6, 6.07) is 1.32. The van der Waals surface area contributed by atoms with E-state index in [0.717, 1.165) is 6.08 Å². The van der Waals surface area contributed by atoms with Gasteiger partial charge in [-0.2, -0.15) is 5.26 Å². The number of allylic oxidation sites excluding steroid dienone is 1. The van der Waals surface area contributed by atoms with Crippen LogP contribution in [0.5, 0.6) is 0 Å². The minimum atomic E-state index is -2.84. The van der Waals surface area contributed by atoms with Crippen molar-refractivity contribution < 1.29 is 8.78 Å². The molecule has 0 rings (SSSR count). The number of hydrogen-bond acceptors (Lipinski definition) is 2. The van der Waals surface area contributed by atoms with Gasteiger partial charge in [-0.1, -0.05) is 6.08 Å². The van der Waals surface area contributed by atoms with Crippen molar-refractivity contribution in [3.05, 3.63) is 12.2 Å². The topological polar surface area (TPSA) is 49.8 Å². The highest BCUT2D eigenvalue weighted by Gasteiger charge is 2.32. The minimum Gasteiger partial charge on any atom is -0.305 e. The monoisotopic (exact) mass is 146 g/mol. The zero-order valence-corrected chi connectivity index (χ0v) is 5.51. The molecule has 0 aliphatic carbocycles. The summed E-state index contributed by atoms with van der Waals surface area (Å²) in [7, 11) is 0. The SMILES string of the molecule is C/C=C/C(N)(C#N)C(F)F. The molecular weight excluding hydrogens is 138 g/mol. The van der Waals surface area contributed by atoms with Crippen molar-refractivity contribution in [3.63, 3.8) is 0 Å². The van der Waals surface area contributed by atoms with E-state index in [1.807, 2.05) is 0 Å². The number of halogens is 2. The van der Waals surface area contributed by atoms with Gasteiger partial charge >= 0.3 is 0 Å². The maximum atomic E-state index is 11.9. The van der Waals surface area contributed by atoms with Crippen molar-refractivity contribution in [1.82, 2.24) is 0 Å². The van der Waals surface area contributed by atoms with Crippen molar-refractivity contribution in [2.75, 3.05) is 0 Å². The average molecular weight is 146 g/mol. The molecule has 1 unspecified atom stereocenters. The molecule has 0 heterocycles. The van der Waals surface area contributed by atoms with Crippen LogP contribution in [0, 0.1) is 11.3 Å². The Morgan fingerprint density at radius 2 is 2.20 bits per heavy atom. The molecule has 4 heteroatoms. The number of nitrogens with two attached hydrogens (primary N) is 1. The van der Waals surface area contributed by atoms with E-state index >= 15 is 0 Å². The first kappa shape index (κ1) is 9.05. The van der Waals surface area contributed by atoms with Crippen LogP contribution in [0.1, 0.15) is 6.92 Å². The van der Waals surface area contributed by atoms with Gasteiger partial charge < -0.3 is 5.73 Å². The van der Waals surface area contributed by atoms with E-state index in [-0.39, 0.29) is 0 Å². The Morgan fingerprint density at radius 3 is 2.30 bits per heavy atom. The van der Waals surface area contributed by atoms with Crippen molar-refractivity contribution in [2.45, 2.75) is 18.9 Å². The Kier molecular flexibility index (Phi) is 2.97. The van der Waals surface area contributed by atoms with Crippen molar-refractivity contribution >= 4 is 0 Å². The Labute approximate surface area is 57.9 Å². The molecule has 0 spiro atoms. The predicted octanol–water partition coefficient (Wildman–Crippen LogP) is 1.05. The maximum Gasteiger partial charge on any atom is 0.273 e. The number of alkyl halides is 2. The van der Waals surface area contributed by atoms with E-state index in [4.69, 9.17) is 11.0 Å². The van der Waals surface area contributed by atoms with E-state index in [9.17, 15) is 8.78 Å². The van der Waals surface area contributed by atoms with Crippen molar-refractivity contribution in [2.24, 2.45) is 5.73 Å². The van der Waals surface area contributed by atoms with E-state index in [2.05, 4.69) is 0 Å². The van der Waals surface area contributed by atoms with Crippen molar-refractivity contribution in [1.29, 1.82) is 5.26 Å². The highest BCUT2D eigenvalue weighted by molar-refractivity contribution is 5.19. The first-order chi connectivity index (χ1) is 4.56. The highest BCUT2D eigenvalue weighted by Crippen LogP contribution is 2.12. The van der Waals surface area contributed by atoms with Crippen LogP contribution in [0.15, 0.2) is 12.2 Å². The fourth-order valence-electron chi connectivity index (χ4n) is 0.435. The van der Waals surface area contributed by atoms with Crippen LogP contribution < -0.4 is 5.73 Å². The molecule has 0 radical (unpaired) electrons. The van der Waals surface area contributed by atoms with Crippen molar-refractivity contribution in [3.8, 4) is 6.07 Å². The van der Waals surface area contributed by atoms with E-state index in [0.29, 0.717) is 0 Å². The third kappa shape index (κ3) is 1.78. The Morgan fingerprint density at radius 1 is 1.70 bits per heavy atom. The highest BCUT2D eigenvalue weighted by atomic mass is 19.3. The third-order valence-corrected chi connectivity index (χ3v) is 0.997. The normalized spacial score (nSPS) is 17.2. The molecule has 0 aliphatic rings. The van der Waals surface area contributed by atoms with Crippen LogP contribution in [0.3, 0.4) is 0 Å². The first-order valence-corrected chi connectivity index (χ1v) is 2.69. The third-order valence-electron chi connectivity index (χ3n) is 0.997. The molecule has 2 N–H and O–H groups in total. The molecule has 2 nitrogen and oxygen atoms in total. The van der Waals surface area contributed by atoms with Crippen LogP contribution in [-0.2, 0) is 0 Å². The summed E-state index contributed by atoms with van der Waals surface area (Å²) in [4.78, 5) is 0. The van der Waals surface area contributed by atoms with Gasteiger partial charge in [-0.3, -0.25) is 0 Å². The molecule has 10 heavy (non-hydrogen) atoms. The standard InChI is InChI=1S/C6H8F2N2/c1-2-3-6(10,4-9)5(7)8/h2-3,5H,10H2,1H3/b3-2+. The lowest BCUT2D eigenvalue weighted by atomic mass is 10.0. The number of rotatable bonds is 2. The summed E-state index contributed by atoms with van der Waals surface area (Å²) < 4.78 is 23.7. The molecule has 0 aromatic rings. The number of nitriles is 1. The average Bonchev–Trinajstić information content (AvgIpc) is 1.88. The summed E-state index contributed by atoms with van der Waals surface area (Å²) in [6.45, 7) is 1.53. The van der Waals surface area contributed by atoms with Gasteiger partial charge in [-0.25, -0.2) is 8.78 Å². The molecule has 0 bridgehead atoms. The Bertz CT molecular complexity index is 171. The molecule has 1 atom stereocenters. The second-order valence-electron chi connectivity index (χ2n) is 1.85. The van der Waals surface area contributed by atoms with E-state index in [1.165, 1.54) is 19.1 Å². The molecule has 0 aliphatic heterocycles. The number of nitrogens with zero attached hydrogens (tertiary/aromatic N) is 1. The molecule has 0 aromatic heterocycles.